The molecule has 0 heterocycles. The Morgan fingerprint density at radius 3 is 2.18 bits per heavy atom. The molecule has 3 atom stereocenters. The van der Waals surface area contributed by atoms with E-state index >= 15 is 0 Å². The SMILES string of the molecule is CCC(C)N(C(=O)C(CS)NC(=O)OC(C)(C)C)C(C(=O)Nc1c(C)cccc1Cl)c1cc(C)cc(C)c1. The maximum absolute atomic E-state index is 14.1. The van der Waals surface area contributed by atoms with Crippen molar-refractivity contribution in [1.29, 1.82) is 0 Å². The summed E-state index contributed by atoms with van der Waals surface area (Å²) in [6.07, 6.45) is -0.148. The van der Waals surface area contributed by atoms with Crippen LogP contribution in [0.4, 0.5) is 10.5 Å². The highest BCUT2D eigenvalue weighted by atomic mass is 35.5. The zero-order valence-electron chi connectivity index (χ0n) is 23.5. The van der Waals surface area contributed by atoms with Crippen molar-refractivity contribution in [2.24, 2.45) is 0 Å². The van der Waals surface area contributed by atoms with Gasteiger partial charge in [0.1, 0.15) is 17.7 Å². The molecule has 2 rings (SSSR count). The topological polar surface area (TPSA) is 87.7 Å². The average Bonchev–Trinajstić information content (AvgIpc) is 2.80. The van der Waals surface area contributed by atoms with E-state index in [9.17, 15) is 14.4 Å². The molecule has 0 fully saturated rings. The number of nitrogens with zero attached hydrogens (tertiary/aromatic N) is 1. The maximum atomic E-state index is 14.1. The standard InChI is InChI=1S/C29H40ClN3O4S/c1-9-20(5)33(27(35)23(16-38)31-28(36)37-29(6,7)8)25(21-14-17(2)13-18(3)15-21)26(34)32-24-19(4)11-10-12-22(24)30/h10-15,20,23,25,38H,9,16H2,1-8H3,(H,31,36)(H,32,34). The molecule has 0 aliphatic rings. The van der Waals surface area contributed by atoms with E-state index in [2.05, 4.69) is 23.3 Å². The number of benzene rings is 2. The molecule has 38 heavy (non-hydrogen) atoms. The summed E-state index contributed by atoms with van der Waals surface area (Å²) in [7, 11) is 0. The largest absolute Gasteiger partial charge is 0.444 e. The number of rotatable bonds is 9. The number of para-hydroxylation sites is 1. The Morgan fingerprint density at radius 1 is 1.08 bits per heavy atom. The Labute approximate surface area is 237 Å². The number of alkyl carbamates (subject to hydrolysis) is 1. The van der Waals surface area contributed by atoms with Crippen LogP contribution < -0.4 is 10.6 Å². The Morgan fingerprint density at radius 2 is 1.68 bits per heavy atom. The summed E-state index contributed by atoms with van der Waals surface area (Å²) in [5.41, 5.74) is 3.13. The maximum Gasteiger partial charge on any atom is 0.408 e. The molecule has 3 amide bonds. The molecule has 9 heteroatoms. The molecule has 2 N–H and O–H groups in total. The predicted octanol–water partition coefficient (Wildman–Crippen LogP) is 6.40. The van der Waals surface area contributed by atoms with E-state index in [4.69, 9.17) is 16.3 Å². The molecule has 0 aliphatic heterocycles. The van der Waals surface area contributed by atoms with Crippen LogP contribution >= 0.6 is 24.2 Å². The van der Waals surface area contributed by atoms with Gasteiger partial charge in [-0.1, -0.05) is 60.0 Å². The molecular weight excluding hydrogens is 522 g/mol. The van der Waals surface area contributed by atoms with Crippen molar-refractivity contribution in [3.8, 4) is 0 Å². The number of aryl methyl sites for hydroxylation is 3. The Kier molecular flexibility index (Phi) is 11.1. The van der Waals surface area contributed by atoms with Crippen molar-refractivity contribution in [1.82, 2.24) is 10.2 Å². The van der Waals surface area contributed by atoms with Gasteiger partial charge in [0.05, 0.1) is 10.7 Å². The second-order valence-corrected chi connectivity index (χ2v) is 11.4. The highest BCUT2D eigenvalue weighted by Gasteiger charge is 2.38. The number of hydrogen-bond donors (Lipinski definition) is 3. The van der Waals surface area contributed by atoms with Crippen LogP contribution in [0.2, 0.25) is 5.02 Å². The fraction of sp³-hybridized carbons (Fsp3) is 0.483. The summed E-state index contributed by atoms with van der Waals surface area (Å²) >= 11 is 10.8. The Balaban J connectivity index is 2.60. The van der Waals surface area contributed by atoms with E-state index in [1.807, 2.05) is 65.0 Å². The number of carbonyl (C=O) groups excluding carboxylic acids is 3. The third-order valence-corrected chi connectivity index (χ3v) is 6.73. The molecule has 2 aromatic rings. The van der Waals surface area contributed by atoms with Gasteiger partial charge < -0.3 is 20.3 Å². The molecule has 2 aromatic carbocycles. The van der Waals surface area contributed by atoms with Crippen LogP contribution in [0.25, 0.3) is 0 Å². The van der Waals surface area contributed by atoms with Gasteiger partial charge in [-0.25, -0.2) is 4.79 Å². The minimum atomic E-state index is -1.01. The van der Waals surface area contributed by atoms with Gasteiger partial charge in [-0.15, -0.1) is 0 Å². The van der Waals surface area contributed by atoms with Gasteiger partial charge in [-0.05, 0) is 72.1 Å². The van der Waals surface area contributed by atoms with E-state index < -0.39 is 35.6 Å². The lowest BCUT2D eigenvalue weighted by molar-refractivity contribution is -0.142. The quantitative estimate of drug-likeness (QED) is 0.309. The average molecular weight is 562 g/mol. The lowest BCUT2D eigenvalue weighted by Gasteiger charge is -2.38. The van der Waals surface area contributed by atoms with Gasteiger partial charge in [0.2, 0.25) is 5.91 Å². The van der Waals surface area contributed by atoms with Gasteiger partial charge >= 0.3 is 6.09 Å². The van der Waals surface area contributed by atoms with Crippen molar-refractivity contribution in [2.75, 3.05) is 11.1 Å². The van der Waals surface area contributed by atoms with Crippen LogP contribution in [-0.2, 0) is 14.3 Å². The molecule has 0 aliphatic carbocycles. The van der Waals surface area contributed by atoms with Crippen LogP contribution in [0.5, 0.6) is 0 Å². The van der Waals surface area contributed by atoms with Crippen molar-refractivity contribution in [2.45, 2.75) is 85.5 Å². The number of thiol groups is 1. The van der Waals surface area contributed by atoms with Gasteiger partial charge in [0.25, 0.3) is 5.91 Å². The summed E-state index contributed by atoms with van der Waals surface area (Å²) < 4.78 is 5.37. The number of carbonyl (C=O) groups is 3. The van der Waals surface area contributed by atoms with Crippen LogP contribution in [0.1, 0.15) is 69.3 Å². The summed E-state index contributed by atoms with van der Waals surface area (Å²) in [4.78, 5) is 42.2. The van der Waals surface area contributed by atoms with Crippen molar-refractivity contribution >= 4 is 47.8 Å². The van der Waals surface area contributed by atoms with Crippen LogP contribution in [0.15, 0.2) is 36.4 Å². The first-order chi connectivity index (χ1) is 17.7. The Bertz CT molecular complexity index is 1120. The van der Waals surface area contributed by atoms with E-state index in [0.717, 1.165) is 16.7 Å². The number of amides is 3. The van der Waals surface area contributed by atoms with E-state index in [1.54, 1.807) is 26.8 Å². The second kappa shape index (κ2) is 13.4. The van der Waals surface area contributed by atoms with E-state index in [1.165, 1.54) is 4.90 Å². The first kappa shape index (κ1) is 31.5. The first-order valence-corrected chi connectivity index (χ1v) is 13.8. The first-order valence-electron chi connectivity index (χ1n) is 12.7. The number of anilines is 1. The van der Waals surface area contributed by atoms with E-state index in [-0.39, 0.29) is 11.8 Å². The lowest BCUT2D eigenvalue weighted by Crippen LogP contribution is -2.55. The zero-order valence-corrected chi connectivity index (χ0v) is 25.2. The summed E-state index contributed by atoms with van der Waals surface area (Å²) in [6.45, 7) is 14.8. The molecule has 0 radical (unpaired) electrons. The fourth-order valence-electron chi connectivity index (χ4n) is 4.20. The fourth-order valence-corrected chi connectivity index (χ4v) is 4.72. The summed E-state index contributed by atoms with van der Waals surface area (Å²) in [5, 5.41) is 6.00. The molecule has 0 saturated heterocycles. The number of ether oxygens (including phenoxy) is 1. The van der Waals surface area contributed by atoms with Crippen LogP contribution in [0.3, 0.4) is 0 Å². The third kappa shape index (κ3) is 8.40. The smallest absolute Gasteiger partial charge is 0.408 e. The highest BCUT2D eigenvalue weighted by molar-refractivity contribution is 7.80. The van der Waals surface area contributed by atoms with Gasteiger partial charge in [0.15, 0.2) is 0 Å². The minimum Gasteiger partial charge on any atom is -0.444 e. The lowest BCUT2D eigenvalue weighted by atomic mass is 9.96. The normalized spacial score (nSPS) is 13.7. The predicted molar refractivity (Wildman–Crippen MR) is 157 cm³/mol. The van der Waals surface area contributed by atoms with E-state index in [0.29, 0.717) is 22.7 Å². The summed E-state index contributed by atoms with van der Waals surface area (Å²) in [5.74, 6) is -0.819. The zero-order chi connectivity index (χ0) is 28.8. The second-order valence-electron chi connectivity index (χ2n) is 10.6. The van der Waals surface area contributed by atoms with Crippen molar-refractivity contribution < 1.29 is 19.1 Å². The molecule has 0 saturated carbocycles. The molecule has 208 valence electrons. The molecule has 0 spiro atoms. The molecular formula is C29H40ClN3O4S. The van der Waals surface area contributed by atoms with Gasteiger partial charge in [-0.2, -0.15) is 12.6 Å². The number of halogens is 1. The molecule has 0 bridgehead atoms. The molecule has 0 aromatic heterocycles. The highest BCUT2D eigenvalue weighted by Crippen LogP contribution is 2.31. The Hall–Kier alpha value is -2.71. The van der Waals surface area contributed by atoms with Crippen LogP contribution in [0, 0.1) is 20.8 Å². The molecule has 3 unspecified atom stereocenters. The van der Waals surface area contributed by atoms with Gasteiger partial charge in [-0.3, -0.25) is 9.59 Å². The monoisotopic (exact) mass is 561 g/mol. The number of nitrogens with one attached hydrogen (secondary N) is 2. The van der Waals surface area contributed by atoms with Crippen molar-refractivity contribution in [3.05, 3.63) is 63.7 Å². The number of hydrogen-bond acceptors (Lipinski definition) is 5. The van der Waals surface area contributed by atoms with Crippen LogP contribution in [-0.4, -0.2) is 46.2 Å². The summed E-state index contributed by atoms with van der Waals surface area (Å²) in [6, 6.07) is 8.83. The molecule has 7 nitrogen and oxygen atoms in total. The van der Waals surface area contributed by atoms with Crippen molar-refractivity contribution in [3.63, 3.8) is 0 Å². The minimum absolute atomic E-state index is 0.0236. The van der Waals surface area contributed by atoms with Gasteiger partial charge in [0, 0.05) is 11.8 Å². The third-order valence-electron chi connectivity index (χ3n) is 6.05.